The highest BCUT2D eigenvalue weighted by Crippen LogP contribution is 2.38. The fourth-order valence-corrected chi connectivity index (χ4v) is 6.20. The summed E-state index contributed by atoms with van der Waals surface area (Å²) in [6.07, 6.45) is 12.3. The van der Waals surface area contributed by atoms with E-state index in [9.17, 15) is 0 Å². The zero-order chi connectivity index (χ0) is 30.5. The summed E-state index contributed by atoms with van der Waals surface area (Å²) in [4.78, 5) is 18.9. The summed E-state index contributed by atoms with van der Waals surface area (Å²) in [6.45, 7) is 0.848. The number of pyridine rings is 1. The molecule has 0 saturated heterocycles. The Kier molecular flexibility index (Phi) is 6.13. The number of oxazole rings is 1. The van der Waals surface area contributed by atoms with Gasteiger partial charge in [-0.15, -0.1) is 0 Å². The number of para-hydroxylation sites is 2. The second-order valence-electron chi connectivity index (χ2n) is 11.5. The summed E-state index contributed by atoms with van der Waals surface area (Å²) < 4.78 is 8.09. The summed E-state index contributed by atoms with van der Waals surface area (Å²) in [5.41, 5.74) is 9.82. The predicted octanol–water partition coefficient (Wildman–Crippen LogP) is 9.12. The number of amidine groups is 1. The van der Waals surface area contributed by atoms with Gasteiger partial charge in [0, 0.05) is 46.8 Å². The van der Waals surface area contributed by atoms with Gasteiger partial charge in [0.05, 0.1) is 18.3 Å². The molecule has 5 heterocycles. The number of aliphatic imine (C=N–C) groups is 1. The van der Waals surface area contributed by atoms with Crippen molar-refractivity contribution in [1.29, 1.82) is 0 Å². The Morgan fingerprint density at radius 1 is 0.696 bits per heavy atom. The summed E-state index contributed by atoms with van der Waals surface area (Å²) in [7, 11) is 0. The van der Waals surface area contributed by atoms with Gasteiger partial charge in [0.25, 0.3) is 0 Å². The van der Waals surface area contributed by atoms with E-state index in [2.05, 4.69) is 107 Å². The van der Waals surface area contributed by atoms with Crippen LogP contribution in [0.5, 0.6) is 0 Å². The Bertz CT molecular complexity index is 2110. The van der Waals surface area contributed by atoms with Crippen molar-refractivity contribution in [2.75, 3.05) is 11.4 Å². The SMILES string of the molecule is C1=CC2=NC(c3ccc(N(c4ccc(-c5cn6ccccc6n5)cc4)c4ccc(-c5nc6ccccc6o5)cc4)cc3)CN2C=C1. The van der Waals surface area contributed by atoms with Gasteiger partial charge in [-0.3, -0.25) is 4.99 Å². The Balaban J connectivity index is 1.07. The van der Waals surface area contributed by atoms with Crippen molar-refractivity contribution >= 4 is 39.6 Å². The van der Waals surface area contributed by atoms with E-state index >= 15 is 0 Å². The van der Waals surface area contributed by atoms with Crippen LogP contribution in [0.25, 0.3) is 39.5 Å². The highest BCUT2D eigenvalue weighted by molar-refractivity contribution is 5.96. The molecular formula is C39H28N6O. The zero-order valence-electron chi connectivity index (χ0n) is 24.8. The lowest BCUT2D eigenvalue weighted by Gasteiger charge is -2.26. The van der Waals surface area contributed by atoms with Crippen molar-refractivity contribution < 1.29 is 4.42 Å². The number of nitrogens with zero attached hydrogens (tertiary/aromatic N) is 6. The number of hydrogen-bond acceptors (Lipinski definition) is 6. The van der Waals surface area contributed by atoms with Crippen LogP contribution >= 0.6 is 0 Å². The van der Waals surface area contributed by atoms with Crippen LogP contribution in [0.2, 0.25) is 0 Å². The summed E-state index contributed by atoms with van der Waals surface area (Å²) in [6, 6.07) is 39.7. The molecule has 0 fully saturated rings. The maximum Gasteiger partial charge on any atom is 0.227 e. The van der Waals surface area contributed by atoms with Gasteiger partial charge in [0.2, 0.25) is 5.89 Å². The maximum atomic E-state index is 6.04. The average molecular weight is 597 g/mol. The van der Waals surface area contributed by atoms with Gasteiger partial charge in [0.1, 0.15) is 17.0 Å². The van der Waals surface area contributed by atoms with Crippen molar-refractivity contribution in [3.05, 3.63) is 158 Å². The Hall–Kier alpha value is -6.21. The van der Waals surface area contributed by atoms with E-state index in [1.54, 1.807) is 0 Å². The molecule has 7 aromatic rings. The van der Waals surface area contributed by atoms with Crippen LogP contribution in [0, 0.1) is 0 Å². The second-order valence-corrected chi connectivity index (χ2v) is 11.5. The first kappa shape index (κ1) is 26.2. The van der Waals surface area contributed by atoms with Crippen molar-refractivity contribution in [1.82, 2.24) is 19.3 Å². The first-order chi connectivity index (χ1) is 22.7. The van der Waals surface area contributed by atoms with Crippen LogP contribution in [0.3, 0.4) is 0 Å². The van der Waals surface area contributed by atoms with Crippen LogP contribution in [0.4, 0.5) is 17.1 Å². The molecule has 4 aromatic carbocycles. The molecule has 46 heavy (non-hydrogen) atoms. The molecule has 2 aliphatic heterocycles. The van der Waals surface area contributed by atoms with E-state index in [4.69, 9.17) is 19.4 Å². The maximum absolute atomic E-state index is 6.04. The van der Waals surface area contributed by atoms with Gasteiger partial charge in [-0.1, -0.05) is 48.5 Å². The van der Waals surface area contributed by atoms with E-state index in [0.717, 1.165) is 63.0 Å². The number of benzene rings is 4. The Morgan fingerprint density at radius 2 is 1.41 bits per heavy atom. The van der Waals surface area contributed by atoms with E-state index in [1.165, 1.54) is 5.56 Å². The van der Waals surface area contributed by atoms with Gasteiger partial charge >= 0.3 is 0 Å². The highest BCUT2D eigenvalue weighted by Gasteiger charge is 2.24. The number of fused-ring (bicyclic) bond motifs is 3. The third-order valence-electron chi connectivity index (χ3n) is 8.56. The molecule has 0 radical (unpaired) electrons. The molecule has 0 bridgehead atoms. The minimum atomic E-state index is 0.102. The van der Waals surface area contributed by atoms with E-state index < -0.39 is 0 Å². The fraction of sp³-hybridized carbons (Fsp3) is 0.0513. The van der Waals surface area contributed by atoms with Crippen molar-refractivity contribution in [3.8, 4) is 22.7 Å². The molecule has 0 saturated carbocycles. The number of anilines is 3. The van der Waals surface area contributed by atoms with Gasteiger partial charge in [-0.25, -0.2) is 9.97 Å². The van der Waals surface area contributed by atoms with Gasteiger partial charge < -0.3 is 18.6 Å². The average Bonchev–Trinajstić information content (AvgIpc) is 3.86. The third kappa shape index (κ3) is 4.66. The lowest BCUT2D eigenvalue weighted by Crippen LogP contribution is -2.21. The highest BCUT2D eigenvalue weighted by atomic mass is 16.3. The summed E-state index contributed by atoms with van der Waals surface area (Å²) in [5, 5.41) is 0. The van der Waals surface area contributed by atoms with Crippen LogP contribution in [-0.2, 0) is 0 Å². The molecule has 0 N–H and O–H groups in total. The first-order valence-corrected chi connectivity index (χ1v) is 15.3. The standard InChI is InChI=1S/C39H28N6O/c1-2-8-36-33(7-1)42-39(46-36)29-15-21-32(22-16-29)45(30-17-11-27(12-18-30)34-25-43-23-5-3-9-37(43)40-34)31-19-13-28(14-20-31)35-26-44-24-6-4-10-38(44)41-35/h1-25,35H,26H2. The van der Waals surface area contributed by atoms with Crippen molar-refractivity contribution in [2.45, 2.75) is 6.04 Å². The molecule has 7 heteroatoms. The van der Waals surface area contributed by atoms with Crippen LogP contribution in [0.1, 0.15) is 11.6 Å². The molecule has 0 amide bonds. The molecule has 7 nitrogen and oxygen atoms in total. The van der Waals surface area contributed by atoms with Gasteiger partial charge in [-0.2, -0.15) is 0 Å². The van der Waals surface area contributed by atoms with Crippen molar-refractivity contribution in [2.24, 2.45) is 4.99 Å². The van der Waals surface area contributed by atoms with Crippen molar-refractivity contribution in [3.63, 3.8) is 0 Å². The number of hydrogen-bond donors (Lipinski definition) is 0. The van der Waals surface area contributed by atoms with E-state index in [1.807, 2.05) is 59.1 Å². The van der Waals surface area contributed by atoms with Crippen LogP contribution in [0.15, 0.2) is 161 Å². The first-order valence-electron chi connectivity index (χ1n) is 15.3. The monoisotopic (exact) mass is 596 g/mol. The lowest BCUT2D eigenvalue weighted by molar-refractivity contribution is 0.550. The molecule has 0 aliphatic carbocycles. The Labute approximate surface area is 265 Å². The molecule has 9 rings (SSSR count). The van der Waals surface area contributed by atoms with E-state index in [-0.39, 0.29) is 6.04 Å². The normalized spacial score (nSPS) is 15.4. The minimum absolute atomic E-state index is 0.102. The summed E-state index contributed by atoms with van der Waals surface area (Å²) >= 11 is 0. The van der Waals surface area contributed by atoms with E-state index in [0.29, 0.717) is 5.89 Å². The number of aromatic nitrogens is 3. The molecular weight excluding hydrogens is 568 g/mol. The molecule has 2 aliphatic rings. The third-order valence-corrected chi connectivity index (χ3v) is 8.56. The summed E-state index contributed by atoms with van der Waals surface area (Å²) in [5.74, 6) is 1.63. The number of rotatable bonds is 6. The quantitative estimate of drug-likeness (QED) is 0.192. The van der Waals surface area contributed by atoms with Crippen LogP contribution < -0.4 is 4.90 Å². The largest absolute Gasteiger partial charge is 0.436 e. The number of allylic oxidation sites excluding steroid dienone is 2. The Morgan fingerprint density at radius 3 is 2.15 bits per heavy atom. The molecule has 1 unspecified atom stereocenters. The zero-order valence-corrected chi connectivity index (χ0v) is 24.8. The second kappa shape index (κ2) is 10.7. The fourth-order valence-electron chi connectivity index (χ4n) is 6.20. The smallest absolute Gasteiger partial charge is 0.227 e. The van der Waals surface area contributed by atoms with Crippen LogP contribution in [-0.4, -0.2) is 31.6 Å². The van der Waals surface area contributed by atoms with Gasteiger partial charge in [0.15, 0.2) is 5.58 Å². The molecule has 220 valence electrons. The van der Waals surface area contributed by atoms with Gasteiger partial charge in [-0.05, 0) is 90.5 Å². The number of imidazole rings is 1. The minimum Gasteiger partial charge on any atom is -0.436 e. The predicted molar refractivity (Wildman–Crippen MR) is 183 cm³/mol. The molecule has 1 atom stereocenters. The lowest BCUT2D eigenvalue weighted by atomic mass is 10.1. The molecule has 0 spiro atoms. The topological polar surface area (TPSA) is 62.2 Å². The molecule has 3 aromatic heterocycles.